The molecule has 4 aliphatic rings. The third-order valence-corrected chi connectivity index (χ3v) is 16.4. The molecule has 14 atom stereocenters. The van der Waals surface area contributed by atoms with Crippen molar-refractivity contribution in [2.45, 2.75) is 147 Å². The Bertz CT molecular complexity index is 2390. The number of alkyl halides is 1. The van der Waals surface area contributed by atoms with Crippen molar-refractivity contribution < 1.29 is 68.0 Å². The molecule has 2 aromatic rings. The van der Waals surface area contributed by atoms with Crippen LogP contribution in [0.15, 0.2) is 84.0 Å². The number of carbonyl (C=O) groups is 4. The minimum atomic E-state index is -1.82. The molecule has 0 bridgehead atoms. The quantitative estimate of drug-likeness (QED) is 0.0322. The first-order chi connectivity index (χ1) is 35.5. The highest BCUT2D eigenvalue weighted by Gasteiger charge is 2.56. The number of fused-ring (bicyclic) bond motifs is 2. The first kappa shape index (κ1) is 60.3. The fraction of sp³-hybridized carbons (Fsp3) is 0.607. The third-order valence-electron chi connectivity index (χ3n) is 15.4. The molecule has 6 rings (SSSR count). The van der Waals surface area contributed by atoms with Gasteiger partial charge in [0.25, 0.3) is 0 Å². The van der Waals surface area contributed by atoms with Crippen molar-refractivity contribution in [3.8, 4) is 0 Å². The zero-order chi connectivity index (χ0) is 54.9. The maximum Gasteiger partial charge on any atom is 0.306 e. The molecule has 3 aliphatic carbocycles. The second-order valence-corrected chi connectivity index (χ2v) is 22.2. The van der Waals surface area contributed by atoms with Gasteiger partial charge in [0, 0.05) is 50.8 Å². The van der Waals surface area contributed by atoms with E-state index in [2.05, 4.69) is 18.0 Å². The molecule has 6 unspecified atom stereocenters. The highest BCUT2D eigenvalue weighted by Crippen LogP contribution is 2.56. The molecule has 2 amide bonds. The molecule has 75 heavy (non-hydrogen) atoms. The number of unbranched alkanes of at least 4 members (excludes halogenated alkanes) is 1. The lowest BCUT2D eigenvalue weighted by Gasteiger charge is -2.47. The van der Waals surface area contributed by atoms with Crippen LogP contribution < -0.4 is 5.32 Å². The molecule has 0 radical (unpaired) electrons. The molecular formula is C56H75Cl3N2O14. The van der Waals surface area contributed by atoms with Gasteiger partial charge in [0.05, 0.1) is 47.7 Å². The molecule has 1 heterocycles. The van der Waals surface area contributed by atoms with Gasteiger partial charge in [-0.2, -0.15) is 0 Å². The number of hydrogen-bond acceptors (Lipinski definition) is 14. The molecule has 414 valence electrons. The van der Waals surface area contributed by atoms with Crippen LogP contribution in [0.1, 0.15) is 97.2 Å². The third kappa shape index (κ3) is 14.4. The van der Waals surface area contributed by atoms with Crippen molar-refractivity contribution in [2.24, 2.45) is 29.1 Å². The molecule has 0 aromatic heterocycles. The first-order valence-electron chi connectivity index (χ1n) is 25.8. The maximum atomic E-state index is 14.0. The summed E-state index contributed by atoms with van der Waals surface area (Å²) >= 11 is 18.8. The van der Waals surface area contributed by atoms with E-state index in [0.717, 1.165) is 24.0 Å². The summed E-state index contributed by atoms with van der Waals surface area (Å²) in [6, 6.07) is 12.7. The van der Waals surface area contributed by atoms with Gasteiger partial charge in [0.2, 0.25) is 11.8 Å². The lowest BCUT2D eigenvalue weighted by atomic mass is 9.68. The van der Waals surface area contributed by atoms with E-state index in [-0.39, 0.29) is 73.9 Å². The number of esters is 2. The molecule has 16 nitrogen and oxygen atoms in total. The van der Waals surface area contributed by atoms with Crippen LogP contribution in [0, 0.1) is 29.1 Å². The molecule has 1 aliphatic heterocycles. The molecule has 2 aromatic carbocycles. The van der Waals surface area contributed by atoms with Crippen molar-refractivity contribution in [1.82, 2.24) is 10.2 Å². The van der Waals surface area contributed by atoms with Crippen molar-refractivity contribution in [3.05, 3.63) is 105 Å². The second-order valence-electron chi connectivity index (χ2n) is 21.1. The van der Waals surface area contributed by atoms with Crippen LogP contribution in [0.5, 0.6) is 0 Å². The van der Waals surface area contributed by atoms with Gasteiger partial charge >= 0.3 is 11.9 Å². The Morgan fingerprint density at radius 3 is 2.37 bits per heavy atom. The van der Waals surface area contributed by atoms with Gasteiger partial charge in [-0.05, 0) is 93.5 Å². The Morgan fingerprint density at radius 1 is 1.00 bits per heavy atom. The number of halogens is 3. The number of rotatable bonds is 23. The summed E-state index contributed by atoms with van der Waals surface area (Å²) in [5, 5.41) is 52.1. The first-order valence-corrected chi connectivity index (χ1v) is 27.0. The number of methoxy groups -OCH3 is 1. The van der Waals surface area contributed by atoms with E-state index in [1.54, 1.807) is 33.1 Å². The number of aliphatic hydroxyl groups is 4. The van der Waals surface area contributed by atoms with Gasteiger partial charge in [-0.1, -0.05) is 96.7 Å². The van der Waals surface area contributed by atoms with Crippen molar-refractivity contribution in [1.29, 1.82) is 0 Å². The van der Waals surface area contributed by atoms with Gasteiger partial charge in [0.1, 0.15) is 36.3 Å². The predicted octanol–water partition coefficient (Wildman–Crippen LogP) is 7.19. The van der Waals surface area contributed by atoms with Gasteiger partial charge in [-0.25, -0.2) is 0 Å². The second kappa shape index (κ2) is 26.6. The fourth-order valence-corrected chi connectivity index (χ4v) is 11.4. The Balaban J connectivity index is 1.26. The number of carbonyl (C=O) groups excluding carboxylic acids is 4. The molecule has 5 N–H and O–H groups in total. The fourth-order valence-electron chi connectivity index (χ4n) is 11.0. The zero-order valence-corrected chi connectivity index (χ0v) is 46.2. The lowest BCUT2D eigenvalue weighted by Crippen LogP contribution is -2.62. The van der Waals surface area contributed by atoms with E-state index in [1.165, 1.54) is 24.0 Å². The number of nitrogens with zero attached hydrogens (tertiary/aromatic N) is 1. The van der Waals surface area contributed by atoms with E-state index < -0.39 is 108 Å². The van der Waals surface area contributed by atoms with Crippen molar-refractivity contribution in [2.75, 3.05) is 39.4 Å². The normalized spacial score (nSPS) is 30.2. The Labute approximate surface area is 455 Å². The number of hydrogen-bond donors (Lipinski definition) is 5. The van der Waals surface area contributed by atoms with Crippen molar-refractivity contribution >= 4 is 58.6 Å². The Hall–Kier alpha value is -3.91. The number of nitrogens with one attached hydrogen (secondary N) is 1. The monoisotopic (exact) mass is 1100 g/mol. The Kier molecular flexibility index (Phi) is 21.4. The molecule has 0 spiro atoms. The van der Waals surface area contributed by atoms with Crippen LogP contribution in [0.2, 0.25) is 10.0 Å². The average molecular weight is 1110 g/mol. The molecule has 1 saturated heterocycles. The van der Waals surface area contributed by atoms with E-state index in [9.17, 15) is 39.6 Å². The zero-order valence-electron chi connectivity index (χ0n) is 43.9. The van der Waals surface area contributed by atoms with Gasteiger partial charge in [-0.3, -0.25) is 19.2 Å². The topological polar surface area (TPSA) is 220 Å². The van der Waals surface area contributed by atoms with Crippen LogP contribution in [0.25, 0.3) is 0 Å². The van der Waals surface area contributed by atoms with E-state index in [0.29, 0.717) is 23.3 Å². The van der Waals surface area contributed by atoms with Crippen molar-refractivity contribution in [3.63, 3.8) is 0 Å². The Morgan fingerprint density at radius 2 is 1.72 bits per heavy atom. The van der Waals surface area contributed by atoms with E-state index in [4.69, 9.17) is 63.2 Å². The van der Waals surface area contributed by atoms with Crippen LogP contribution in [-0.2, 0) is 54.1 Å². The summed E-state index contributed by atoms with van der Waals surface area (Å²) in [4.78, 5) is 54.8. The number of ether oxygens (including phenoxy) is 6. The average Bonchev–Trinajstić information content (AvgIpc) is 3.89. The molecule has 19 heteroatoms. The van der Waals surface area contributed by atoms with Crippen LogP contribution >= 0.6 is 34.8 Å². The van der Waals surface area contributed by atoms with Crippen LogP contribution in [-0.4, -0.2) is 143 Å². The van der Waals surface area contributed by atoms with Gasteiger partial charge < -0.3 is 59.1 Å². The lowest BCUT2D eigenvalue weighted by molar-refractivity contribution is -0.320. The number of aliphatic hydroxyl groups excluding tert-OH is 4. The maximum absolute atomic E-state index is 14.0. The summed E-state index contributed by atoms with van der Waals surface area (Å²) < 4.78 is 36.3. The standard InChI is InChI=1S/C56H75Cl3N2O14/c1-9-55(5,6)72-30-42-49(67)52(74-45(65)17-13-14-22-61(44(64)26-57)47(35-19-21-40(58)41(59)23-35)53(69)60-27-34-15-11-10-12-16-34)50(68)54(73-42)75-51-46-38(31(2)28-71-33(4)62)24-43(63)56(46,7)25-39-36(29-70-8)18-20-37(39)32(3)48(51)66/h9-12,15-16,19,21,23,25,31-32,36-37,42-43,47-52,54,63,66-68H,1,13-14,17-18,20,22,24,26-30H2,2-8H3,(H,60,69)/b39-25-/t31-,32-,36-,37+,42?,43+,47?,48-,49?,50?,51-,52?,54?,56+/m1/s1. The SMILES string of the molecule is C=CC(C)(C)OCC1OC(O[C@@H]2C3=C([C@H](C)COC(C)=O)C[C@H](O)[C@]3(C)/C=C3/[C@@H](COC)CC[C@H]3[C@@H](C)[C@H]2O)C(O)C(OC(=O)CCCCN(C(=O)CCl)C(C(=O)NCc2ccccc2)c2ccc(Cl)c(Cl)c2)C1O. The summed E-state index contributed by atoms with van der Waals surface area (Å²) in [5.41, 5.74) is 1.57. The minimum absolute atomic E-state index is 0.00492. The van der Waals surface area contributed by atoms with Gasteiger partial charge in [-0.15, -0.1) is 18.2 Å². The summed E-state index contributed by atoms with van der Waals surface area (Å²) in [6.45, 7) is 14.7. The number of benzene rings is 2. The summed E-state index contributed by atoms with van der Waals surface area (Å²) in [6.07, 6.45) is -5.90. The highest BCUT2D eigenvalue weighted by atomic mass is 35.5. The van der Waals surface area contributed by atoms with E-state index in [1.807, 2.05) is 51.1 Å². The summed E-state index contributed by atoms with van der Waals surface area (Å²) in [7, 11) is 1.65. The van der Waals surface area contributed by atoms with Crippen LogP contribution in [0.3, 0.4) is 0 Å². The molecule has 2 fully saturated rings. The predicted molar refractivity (Wildman–Crippen MR) is 282 cm³/mol. The number of amides is 2. The largest absolute Gasteiger partial charge is 0.465 e. The van der Waals surface area contributed by atoms with E-state index >= 15 is 0 Å². The smallest absolute Gasteiger partial charge is 0.306 e. The minimum Gasteiger partial charge on any atom is -0.465 e. The molecular weight excluding hydrogens is 1030 g/mol. The molecule has 1 saturated carbocycles. The summed E-state index contributed by atoms with van der Waals surface area (Å²) in [5.74, 6) is -3.66. The highest BCUT2D eigenvalue weighted by molar-refractivity contribution is 6.42. The van der Waals surface area contributed by atoms with Crippen LogP contribution in [0.4, 0.5) is 0 Å². The van der Waals surface area contributed by atoms with Gasteiger partial charge in [0.15, 0.2) is 12.4 Å².